The lowest BCUT2D eigenvalue weighted by molar-refractivity contribution is -0.119. The van der Waals surface area contributed by atoms with Crippen LogP contribution in [0.4, 0.5) is 10.1 Å². The van der Waals surface area contributed by atoms with Gasteiger partial charge in [-0.2, -0.15) is 11.8 Å². The van der Waals surface area contributed by atoms with Gasteiger partial charge in [0.15, 0.2) is 0 Å². The number of halogens is 1. The van der Waals surface area contributed by atoms with E-state index < -0.39 is 15.9 Å². The van der Waals surface area contributed by atoms with E-state index in [1.165, 1.54) is 22.1 Å². The zero-order valence-electron chi connectivity index (χ0n) is 19.5. The smallest absolute Gasteiger partial charge is 0.264 e. The summed E-state index contributed by atoms with van der Waals surface area (Å²) in [5.41, 5.74) is 3.77. The van der Waals surface area contributed by atoms with E-state index in [2.05, 4.69) is 5.32 Å². The van der Waals surface area contributed by atoms with Crippen molar-refractivity contribution in [3.63, 3.8) is 0 Å². The molecule has 0 aliphatic heterocycles. The third-order valence-electron chi connectivity index (χ3n) is 5.52. The van der Waals surface area contributed by atoms with Gasteiger partial charge in [0.05, 0.1) is 10.6 Å². The summed E-state index contributed by atoms with van der Waals surface area (Å²) >= 11 is 1.50. The fraction of sp³-hybridized carbons (Fsp3) is 0.269. The lowest BCUT2D eigenvalue weighted by Crippen LogP contribution is -2.41. The number of rotatable bonds is 10. The maximum Gasteiger partial charge on any atom is 0.264 e. The molecule has 0 aliphatic carbocycles. The Morgan fingerprint density at radius 1 is 0.971 bits per heavy atom. The predicted octanol–water partition coefficient (Wildman–Crippen LogP) is 5.00. The highest BCUT2D eigenvalue weighted by Crippen LogP contribution is 2.28. The number of aryl methyl sites for hydroxylation is 2. The SMILES string of the molecule is Cc1ccc(S(=O)(=O)N(CC(=O)NCCSCc2ccccc2F)c2cccc(C)c2C)cc1. The minimum atomic E-state index is -3.96. The Balaban J connectivity index is 1.70. The maximum absolute atomic E-state index is 13.7. The molecule has 0 unspecified atom stereocenters. The van der Waals surface area contributed by atoms with Gasteiger partial charge < -0.3 is 5.32 Å². The quantitative estimate of drug-likeness (QED) is 0.398. The number of hydrogen-bond acceptors (Lipinski definition) is 4. The molecule has 1 amide bonds. The Bertz CT molecular complexity index is 1250. The van der Waals surface area contributed by atoms with E-state index in [-0.39, 0.29) is 17.3 Å². The molecule has 0 bridgehead atoms. The summed E-state index contributed by atoms with van der Waals surface area (Å²) in [6.07, 6.45) is 0. The van der Waals surface area contributed by atoms with Crippen LogP contribution in [0.3, 0.4) is 0 Å². The molecular weight excluding hydrogens is 471 g/mol. The summed E-state index contributed by atoms with van der Waals surface area (Å²) in [5, 5.41) is 2.79. The van der Waals surface area contributed by atoms with Gasteiger partial charge in [-0.15, -0.1) is 0 Å². The molecule has 3 aromatic rings. The molecule has 180 valence electrons. The van der Waals surface area contributed by atoms with Gasteiger partial charge in [-0.25, -0.2) is 12.8 Å². The summed E-state index contributed by atoms with van der Waals surface area (Å²) in [6.45, 7) is 5.65. The standard InChI is InChI=1S/C26H29FN2O3S2/c1-19-11-13-23(14-12-19)34(31,32)29(25-10-6-7-20(2)21(25)3)17-26(30)28-15-16-33-18-22-8-4-5-9-24(22)27/h4-14H,15-18H2,1-3H3,(H,28,30). The van der Waals surface area contributed by atoms with Crippen LogP contribution in [-0.4, -0.2) is 33.2 Å². The largest absolute Gasteiger partial charge is 0.354 e. The number of sulfonamides is 1. The molecule has 0 radical (unpaired) electrons. The molecule has 0 heterocycles. The molecule has 3 aromatic carbocycles. The number of anilines is 1. The third kappa shape index (κ3) is 6.39. The highest BCUT2D eigenvalue weighted by atomic mass is 32.2. The Morgan fingerprint density at radius 2 is 1.68 bits per heavy atom. The van der Waals surface area contributed by atoms with Gasteiger partial charge in [-0.1, -0.05) is 48.0 Å². The highest BCUT2D eigenvalue weighted by Gasteiger charge is 2.28. The number of nitrogens with zero attached hydrogens (tertiary/aromatic N) is 1. The zero-order valence-corrected chi connectivity index (χ0v) is 21.2. The third-order valence-corrected chi connectivity index (χ3v) is 8.31. The molecule has 0 spiro atoms. The van der Waals surface area contributed by atoms with Crippen molar-refractivity contribution in [2.45, 2.75) is 31.4 Å². The van der Waals surface area contributed by atoms with Crippen molar-refractivity contribution in [1.82, 2.24) is 5.32 Å². The lowest BCUT2D eigenvalue weighted by Gasteiger charge is -2.26. The topological polar surface area (TPSA) is 66.5 Å². The first kappa shape index (κ1) is 25.8. The monoisotopic (exact) mass is 500 g/mol. The van der Waals surface area contributed by atoms with Crippen molar-refractivity contribution < 1.29 is 17.6 Å². The molecule has 1 N–H and O–H groups in total. The van der Waals surface area contributed by atoms with Gasteiger partial charge >= 0.3 is 0 Å². The number of amides is 1. The summed E-state index contributed by atoms with van der Waals surface area (Å²) in [7, 11) is -3.96. The maximum atomic E-state index is 13.7. The predicted molar refractivity (Wildman–Crippen MR) is 137 cm³/mol. The van der Waals surface area contributed by atoms with Crippen molar-refractivity contribution >= 4 is 33.4 Å². The van der Waals surface area contributed by atoms with Crippen molar-refractivity contribution in [2.24, 2.45) is 0 Å². The first-order valence-corrected chi connectivity index (χ1v) is 13.5. The number of carbonyl (C=O) groups is 1. The fourth-order valence-corrected chi connectivity index (χ4v) is 5.71. The van der Waals surface area contributed by atoms with E-state index >= 15 is 0 Å². The Morgan fingerprint density at radius 3 is 2.38 bits per heavy atom. The van der Waals surface area contributed by atoms with Gasteiger partial charge in [0.25, 0.3) is 10.0 Å². The van der Waals surface area contributed by atoms with Crippen LogP contribution in [-0.2, 0) is 20.6 Å². The van der Waals surface area contributed by atoms with Crippen LogP contribution in [0, 0.1) is 26.6 Å². The number of hydrogen-bond donors (Lipinski definition) is 1. The van der Waals surface area contributed by atoms with E-state index in [0.29, 0.717) is 29.3 Å². The second-order valence-corrected chi connectivity index (χ2v) is 11.0. The molecule has 0 aliphatic rings. The molecule has 8 heteroatoms. The normalized spacial score (nSPS) is 11.3. The number of carbonyl (C=O) groups excluding carboxylic acids is 1. The lowest BCUT2D eigenvalue weighted by atomic mass is 10.1. The molecule has 0 saturated carbocycles. The molecule has 0 fully saturated rings. The Kier molecular flexibility index (Phi) is 8.74. The Hall–Kier alpha value is -2.84. The summed E-state index contributed by atoms with van der Waals surface area (Å²) in [6, 6.07) is 18.6. The van der Waals surface area contributed by atoms with Crippen LogP contribution >= 0.6 is 11.8 Å². The van der Waals surface area contributed by atoms with Gasteiger partial charge in [-0.05, 0) is 61.7 Å². The zero-order chi connectivity index (χ0) is 24.7. The molecule has 34 heavy (non-hydrogen) atoms. The van der Waals surface area contributed by atoms with Crippen molar-refractivity contribution in [3.05, 3.63) is 94.8 Å². The first-order valence-electron chi connectivity index (χ1n) is 10.9. The van der Waals surface area contributed by atoms with E-state index in [1.807, 2.05) is 26.8 Å². The van der Waals surface area contributed by atoms with Crippen LogP contribution in [0.1, 0.15) is 22.3 Å². The van der Waals surface area contributed by atoms with Crippen LogP contribution in [0.15, 0.2) is 71.6 Å². The molecule has 3 rings (SSSR count). The van der Waals surface area contributed by atoms with Gasteiger partial charge in [0.2, 0.25) is 5.91 Å². The van der Waals surface area contributed by atoms with E-state index in [9.17, 15) is 17.6 Å². The minimum Gasteiger partial charge on any atom is -0.354 e. The van der Waals surface area contributed by atoms with Crippen LogP contribution in [0.25, 0.3) is 0 Å². The van der Waals surface area contributed by atoms with E-state index in [0.717, 1.165) is 16.7 Å². The van der Waals surface area contributed by atoms with Crippen molar-refractivity contribution in [2.75, 3.05) is 23.1 Å². The molecule has 5 nitrogen and oxygen atoms in total. The number of thioether (sulfide) groups is 1. The fourth-order valence-electron chi connectivity index (χ4n) is 3.39. The minimum absolute atomic E-state index is 0.132. The molecule has 0 aromatic heterocycles. The average Bonchev–Trinajstić information content (AvgIpc) is 2.80. The van der Waals surface area contributed by atoms with Gasteiger partial charge in [-0.3, -0.25) is 9.10 Å². The van der Waals surface area contributed by atoms with Crippen LogP contribution < -0.4 is 9.62 Å². The van der Waals surface area contributed by atoms with E-state index in [1.54, 1.807) is 54.6 Å². The second-order valence-electron chi connectivity index (χ2n) is 8.04. The number of nitrogens with one attached hydrogen (secondary N) is 1. The molecular formula is C26H29FN2O3S2. The molecule has 0 atom stereocenters. The summed E-state index contributed by atoms with van der Waals surface area (Å²) in [4.78, 5) is 12.9. The van der Waals surface area contributed by atoms with Crippen LogP contribution in [0.5, 0.6) is 0 Å². The van der Waals surface area contributed by atoms with Crippen LogP contribution in [0.2, 0.25) is 0 Å². The van der Waals surface area contributed by atoms with Gasteiger partial charge in [0, 0.05) is 18.1 Å². The van der Waals surface area contributed by atoms with E-state index in [4.69, 9.17) is 0 Å². The Labute approximate surface area is 205 Å². The highest BCUT2D eigenvalue weighted by molar-refractivity contribution is 7.98. The van der Waals surface area contributed by atoms with Gasteiger partial charge in [0.1, 0.15) is 12.4 Å². The summed E-state index contributed by atoms with van der Waals surface area (Å²) < 4.78 is 41.9. The number of benzene rings is 3. The second kappa shape index (κ2) is 11.5. The average molecular weight is 501 g/mol. The summed E-state index contributed by atoms with van der Waals surface area (Å²) in [5.74, 6) is 0.431. The van der Waals surface area contributed by atoms with Crippen molar-refractivity contribution in [3.8, 4) is 0 Å². The molecule has 0 saturated heterocycles. The van der Waals surface area contributed by atoms with Crippen molar-refractivity contribution in [1.29, 1.82) is 0 Å². The first-order chi connectivity index (χ1) is 16.2.